The molecule has 1 spiro atoms. The lowest BCUT2D eigenvalue weighted by Gasteiger charge is -2.35. The van der Waals surface area contributed by atoms with Crippen LogP contribution in [-0.2, 0) is 11.3 Å². The van der Waals surface area contributed by atoms with Crippen LogP contribution in [0.5, 0.6) is 0 Å². The lowest BCUT2D eigenvalue weighted by Crippen LogP contribution is -2.46. The minimum Gasteiger partial charge on any atom is -0.338 e. The van der Waals surface area contributed by atoms with Crippen molar-refractivity contribution in [1.29, 1.82) is 0 Å². The summed E-state index contributed by atoms with van der Waals surface area (Å²) in [5.41, 5.74) is 5.36. The molecule has 1 saturated heterocycles. The molecule has 1 N–H and O–H groups in total. The topological polar surface area (TPSA) is 53.9 Å². The van der Waals surface area contributed by atoms with Gasteiger partial charge in [-0.2, -0.15) is 0 Å². The van der Waals surface area contributed by atoms with Crippen LogP contribution in [0.4, 0.5) is 0 Å². The summed E-state index contributed by atoms with van der Waals surface area (Å²) in [5, 5.41) is 0. The first-order valence-corrected chi connectivity index (χ1v) is 10.1. The average Bonchev–Trinajstić information content (AvgIpc) is 3.12. The van der Waals surface area contributed by atoms with Gasteiger partial charge in [-0.05, 0) is 36.2 Å². The number of likely N-dealkylation sites (tertiary alicyclic amines) is 1. The van der Waals surface area contributed by atoms with Crippen LogP contribution in [0, 0.1) is 0 Å². The standard InChI is InChI=1S/C21H22BrN3O2/c1-2-15-6-8-16(9-7-15)20(26)25-12-10-21(11-13-25)23-19(24-27-21)17-4-3-5-18(22)14-17/h3-9,14H,2,10-13H2,1H3,(H,23,24). The third-order valence-electron chi connectivity index (χ3n) is 5.19. The fraction of sp³-hybridized carbons (Fsp3) is 0.333. The number of amides is 1. The molecule has 0 unspecified atom stereocenters. The molecule has 1 fully saturated rings. The van der Waals surface area contributed by atoms with E-state index in [4.69, 9.17) is 9.83 Å². The van der Waals surface area contributed by atoms with Crippen LogP contribution < -0.4 is 5.48 Å². The minimum absolute atomic E-state index is 0.0784. The molecule has 2 aliphatic rings. The van der Waals surface area contributed by atoms with Crippen LogP contribution >= 0.6 is 15.9 Å². The largest absolute Gasteiger partial charge is 0.338 e. The second kappa shape index (κ2) is 7.44. The molecule has 0 radical (unpaired) electrons. The molecule has 0 atom stereocenters. The number of hydrogen-bond acceptors (Lipinski definition) is 4. The van der Waals surface area contributed by atoms with Gasteiger partial charge in [-0.3, -0.25) is 4.79 Å². The van der Waals surface area contributed by atoms with Crippen LogP contribution in [0.15, 0.2) is 58.0 Å². The zero-order valence-electron chi connectivity index (χ0n) is 15.2. The molecule has 0 aliphatic carbocycles. The molecule has 4 rings (SSSR count). The Bertz CT molecular complexity index is 871. The van der Waals surface area contributed by atoms with E-state index in [0.29, 0.717) is 25.9 Å². The summed E-state index contributed by atoms with van der Waals surface area (Å²) in [7, 11) is 0. The van der Waals surface area contributed by atoms with Gasteiger partial charge < -0.3 is 4.90 Å². The van der Waals surface area contributed by atoms with Crippen molar-refractivity contribution in [1.82, 2.24) is 10.4 Å². The molecule has 2 aromatic rings. The molecular formula is C21H22BrN3O2. The maximum absolute atomic E-state index is 12.8. The molecule has 27 heavy (non-hydrogen) atoms. The van der Waals surface area contributed by atoms with Crippen molar-refractivity contribution in [3.8, 4) is 0 Å². The maximum atomic E-state index is 12.8. The molecule has 1 amide bonds. The van der Waals surface area contributed by atoms with Crippen molar-refractivity contribution in [2.45, 2.75) is 31.9 Å². The van der Waals surface area contributed by atoms with Crippen molar-refractivity contribution in [2.24, 2.45) is 4.99 Å². The normalized spacial score (nSPS) is 18.3. The molecule has 6 heteroatoms. The predicted octanol–water partition coefficient (Wildman–Crippen LogP) is 3.93. The van der Waals surface area contributed by atoms with E-state index in [1.807, 2.05) is 53.4 Å². The van der Waals surface area contributed by atoms with E-state index < -0.39 is 5.72 Å². The van der Waals surface area contributed by atoms with E-state index in [2.05, 4.69) is 28.3 Å². The molecule has 5 nitrogen and oxygen atoms in total. The highest BCUT2D eigenvalue weighted by Crippen LogP contribution is 2.32. The Balaban J connectivity index is 1.43. The summed E-state index contributed by atoms with van der Waals surface area (Å²) in [4.78, 5) is 25.3. The first-order chi connectivity index (χ1) is 13.1. The molecule has 0 bridgehead atoms. The highest BCUT2D eigenvalue weighted by molar-refractivity contribution is 9.10. The van der Waals surface area contributed by atoms with Gasteiger partial charge in [0.15, 0.2) is 11.6 Å². The summed E-state index contributed by atoms with van der Waals surface area (Å²) in [6.07, 6.45) is 2.33. The van der Waals surface area contributed by atoms with Gasteiger partial charge in [0, 0.05) is 41.5 Å². The second-order valence-corrected chi connectivity index (χ2v) is 7.88. The highest BCUT2D eigenvalue weighted by Gasteiger charge is 2.41. The zero-order chi connectivity index (χ0) is 18.9. The number of aliphatic imine (C=N–C) groups is 1. The van der Waals surface area contributed by atoms with Gasteiger partial charge in [0.2, 0.25) is 0 Å². The Morgan fingerprint density at radius 2 is 1.96 bits per heavy atom. The van der Waals surface area contributed by atoms with Crippen molar-refractivity contribution in [2.75, 3.05) is 13.1 Å². The first kappa shape index (κ1) is 18.2. The summed E-state index contributed by atoms with van der Waals surface area (Å²) >= 11 is 3.48. The minimum atomic E-state index is -0.583. The molecule has 2 heterocycles. The van der Waals surface area contributed by atoms with E-state index in [9.17, 15) is 4.79 Å². The van der Waals surface area contributed by atoms with Gasteiger partial charge in [-0.15, -0.1) is 0 Å². The Hall–Kier alpha value is -2.18. The quantitative estimate of drug-likeness (QED) is 0.807. The van der Waals surface area contributed by atoms with Gasteiger partial charge >= 0.3 is 0 Å². The Kier molecular flexibility index (Phi) is 5.02. The SMILES string of the molecule is CCc1ccc(C(=O)N2CCC3(CC2)N=C(c2cccc(Br)c2)NO3)cc1. The first-order valence-electron chi connectivity index (χ1n) is 9.27. The highest BCUT2D eigenvalue weighted by atomic mass is 79.9. The smallest absolute Gasteiger partial charge is 0.253 e. The van der Waals surface area contributed by atoms with Crippen LogP contribution in [0.25, 0.3) is 0 Å². The predicted molar refractivity (Wildman–Crippen MR) is 109 cm³/mol. The summed E-state index contributed by atoms with van der Waals surface area (Å²) in [5.74, 6) is 0.820. The number of piperidine rings is 1. The monoisotopic (exact) mass is 427 g/mol. The lowest BCUT2D eigenvalue weighted by atomic mass is 10.00. The van der Waals surface area contributed by atoms with Gasteiger partial charge in [0.25, 0.3) is 5.91 Å². The lowest BCUT2D eigenvalue weighted by molar-refractivity contribution is -0.0849. The van der Waals surface area contributed by atoms with Gasteiger partial charge in [-0.25, -0.2) is 15.3 Å². The van der Waals surface area contributed by atoms with Crippen molar-refractivity contribution in [3.63, 3.8) is 0 Å². The van der Waals surface area contributed by atoms with Gasteiger partial charge in [-0.1, -0.05) is 47.1 Å². The van der Waals surface area contributed by atoms with Crippen LogP contribution in [-0.4, -0.2) is 35.5 Å². The zero-order valence-corrected chi connectivity index (χ0v) is 16.8. The molecular weight excluding hydrogens is 406 g/mol. The van der Waals surface area contributed by atoms with E-state index in [-0.39, 0.29) is 5.91 Å². The molecule has 2 aliphatic heterocycles. The third kappa shape index (κ3) is 3.77. The molecule has 0 saturated carbocycles. The van der Waals surface area contributed by atoms with E-state index in [1.54, 1.807) is 0 Å². The van der Waals surface area contributed by atoms with Crippen molar-refractivity contribution >= 4 is 27.7 Å². The van der Waals surface area contributed by atoms with E-state index >= 15 is 0 Å². The number of halogens is 1. The Morgan fingerprint density at radius 3 is 2.63 bits per heavy atom. The number of aryl methyl sites for hydroxylation is 1. The molecule has 0 aromatic heterocycles. The molecule has 2 aromatic carbocycles. The Morgan fingerprint density at radius 1 is 1.22 bits per heavy atom. The molecule has 140 valence electrons. The maximum Gasteiger partial charge on any atom is 0.253 e. The second-order valence-electron chi connectivity index (χ2n) is 6.96. The number of carbonyl (C=O) groups excluding carboxylic acids is 1. The summed E-state index contributed by atoms with van der Waals surface area (Å²) in [6.45, 7) is 3.37. The van der Waals surface area contributed by atoms with Gasteiger partial charge in [0.1, 0.15) is 0 Å². The summed E-state index contributed by atoms with van der Waals surface area (Å²) < 4.78 is 1.000. The number of amidine groups is 1. The van der Waals surface area contributed by atoms with Crippen LogP contribution in [0.1, 0.15) is 41.3 Å². The summed E-state index contributed by atoms with van der Waals surface area (Å²) in [6, 6.07) is 15.8. The van der Waals surface area contributed by atoms with E-state index in [1.165, 1.54) is 5.56 Å². The number of nitrogens with zero attached hydrogens (tertiary/aromatic N) is 2. The van der Waals surface area contributed by atoms with Crippen molar-refractivity contribution < 1.29 is 9.63 Å². The van der Waals surface area contributed by atoms with Crippen molar-refractivity contribution in [3.05, 3.63) is 69.7 Å². The fourth-order valence-corrected chi connectivity index (χ4v) is 3.89. The van der Waals surface area contributed by atoms with E-state index in [0.717, 1.165) is 27.9 Å². The number of carbonyl (C=O) groups is 1. The number of benzene rings is 2. The number of hydroxylamine groups is 1. The Labute approximate surface area is 167 Å². The fourth-order valence-electron chi connectivity index (χ4n) is 3.49. The number of nitrogens with one attached hydrogen (secondary N) is 1. The number of rotatable bonds is 3. The van der Waals surface area contributed by atoms with Gasteiger partial charge in [0.05, 0.1) is 0 Å². The average molecular weight is 428 g/mol. The van der Waals surface area contributed by atoms with Crippen LogP contribution in [0.2, 0.25) is 0 Å². The third-order valence-corrected chi connectivity index (χ3v) is 5.69. The number of hydrogen-bond donors (Lipinski definition) is 1. The van der Waals surface area contributed by atoms with Crippen LogP contribution in [0.3, 0.4) is 0 Å².